The summed E-state index contributed by atoms with van der Waals surface area (Å²) < 4.78 is 21.2. The molecule has 0 saturated carbocycles. The zero-order valence-electron chi connectivity index (χ0n) is 14.4. The summed E-state index contributed by atoms with van der Waals surface area (Å²) >= 11 is 0. The van der Waals surface area contributed by atoms with Crippen LogP contribution in [0.5, 0.6) is 23.0 Å². The van der Waals surface area contributed by atoms with Crippen LogP contribution in [-0.2, 0) is 0 Å². The number of allylic oxidation sites excluding steroid dienone is 2. The Labute approximate surface area is 142 Å². The van der Waals surface area contributed by atoms with Gasteiger partial charge in [0.2, 0.25) is 5.75 Å². The standard InChI is InChI=1S/C20H22O4/c1-21-17-11-7-10-15(12-17)8-5-6-9-16-13-18(22-2)20(24-4)19(14-16)23-3/h5-14H,1-4H3/b8-5+,9-6-. The highest BCUT2D eigenvalue weighted by Crippen LogP contribution is 2.38. The zero-order chi connectivity index (χ0) is 17.4. The van der Waals surface area contributed by atoms with Crippen LogP contribution >= 0.6 is 0 Å². The van der Waals surface area contributed by atoms with Gasteiger partial charge in [0.25, 0.3) is 0 Å². The van der Waals surface area contributed by atoms with Crippen LogP contribution in [0.2, 0.25) is 0 Å². The summed E-state index contributed by atoms with van der Waals surface area (Å²) in [6, 6.07) is 11.7. The van der Waals surface area contributed by atoms with Crippen molar-refractivity contribution in [3.05, 3.63) is 59.7 Å². The monoisotopic (exact) mass is 326 g/mol. The minimum atomic E-state index is 0.587. The van der Waals surface area contributed by atoms with Crippen LogP contribution in [0.25, 0.3) is 12.2 Å². The van der Waals surface area contributed by atoms with E-state index in [0.29, 0.717) is 17.2 Å². The Morgan fingerprint density at radius 2 is 1.29 bits per heavy atom. The molecule has 0 N–H and O–H groups in total. The van der Waals surface area contributed by atoms with Crippen LogP contribution < -0.4 is 18.9 Å². The topological polar surface area (TPSA) is 36.9 Å². The maximum Gasteiger partial charge on any atom is 0.203 e. The highest BCUT2D eigenvalue weighted by Gasteiger charge is 2.11. The van der Waals surface area contributed by atoms with Gasteiger partial charge in [-0.1, -0.05) is 36.4 Å². The molecule has 4 nitrogen and oxygen atoms in total. The minimum absolute atomic E-state index is 0.587. The molecule has 0 heterocycles. The van der Waals surface area contributed by atoms with E-state index in [9.17, 15) is 0 Å². The molecule has 0 spiro atoms. The molecule has 24 heavy (non-hydrogen) atoms. The first-order chi connectivity index (χ1) is 11.7. The Bertz CT molecular complexity index is 707. The van der Waals surface area contributed by atoms with Gasteiger partial charge >= 0.3 is 0 Å². The van der Waals surface area contributed by atoms with Crippen molar-refractivity contribution in [1.82, 2.24) is 0 Å². The minimum Gasteiger partial charge on any atom is -0.497 e. The number of hydrogen-bond acceptors (Lipinski definition) is 4. The first-order valence-electron chi connectivity index (χ1n) is 7.50. The number of hydrogen-bond donors (Lipinski definition) is 0. The van der Waals surface area contributed by atoms with E-state index in [-0.39, 0.29) is 0 Å². The number of rotatable bonds is 7. The van der Waals surface area contributed by atoms with Crippen molar-refractivity contribution < 1.29 is 18.9 Å². The smallest absolute Gasteiger partial charge is 0.203 e. The second kappa shape index (κ2) is 8.67. The van der Waals surface area contributed by atoms with Crippen molar-refractivity contribution >= 4 is 12.2 Å². The maximum absolute atomic E-state index is 5.35. The molecule has 126 valence electrons. The summed E-state index contributed by atoms with van der Waals surface area (Å²) in [6.07, 6.45) is 7.91. The molecule has 0 aliphatic rings. The summed E-state index contributed by atoms with van der Waals surface area (Å²) in [7, 11) is 6.46. The van der Waals surface area contributed by atoms with E-state index < -0.39 is 0 Å². The fraction of sp³-hybridized carbons (Fsp3) is 0.200. The van der Waals surface area contributed by atoms with Gasteiger partial charge in [0.05, 0.1) is 28.4 Å². The van der Waals surface area contributed by atoms with Gasteiger partial charge in [0.1, 0.15) is 5.75 Å². The molecule has 4 heteroatoms. The lowest BCUT2D eigenvalue weighted by molar-refractivity contribution is 0.324. The third kappa shape index (κ3) is 4.32. The van der Waals surface area contributed by atoms with Crippen molar-refractivity contribution in [2.24, 2.45) is 0 Å². The van der Waals surface area contributed by atoms with Crippen LogP contribution in [0.4, 0.5) is 0 Å². The summed E-state index contributed by atoms with van der Waals surface area (Å²) in [6.45, 7) is 0. The second-order valence-electron chi connectivity index (χ2n) is 4.95. The molecule has 0 atom stereocenters. The highest BCUT2D eigenvalue weighted by atomic mass is 16.5. The van der Waals surface area contributed by atoms with Gasteiger partial charge in [0.15, 0.2) is 11.5 Å². The van der Waals surface area contributed by atoms with Crippen LogP contribution in [0.3, 0.4) is 0 Å². The molecular weight excluding hydrogens is 304 g/mol. The number of benzene rings is 2. The molecular formula is C20H22O4. The average molecular weight is 326 g/mol. The van der Waals surface area contributed by atoms with Gasteiger partial charge in [-0.25, -0.2) is 0 Å². The predicted molar refractivity (Wildman–Crippen MR) is 97.2 cm³/mol. The van der Waals surface area contributed by atoms with E-state index >= 15 is 0 Å². The van der Waals surface area contributed by atoms with Crippen LogP contribution in [0.1, 0.15) is 11.1 Å². The zero-order valence-corrected chi connectivity index (χ0v) is 14.4. The largest absolute Gasteiger partial charge is 0.497 e. The Balaban J connectivity index is 2.17. The SMILES string of the molecule is COc1cccc(/C=C/C=C\c2cc(OC)c(OC)c(OC)c2)c1. The highest BCUT2D eigenvalue weighted by molar-refractivity contribution is 5.64. The van der Waals surface area contributed by atoms with Crippen LogP contribution in [0.15, 0.2) is 48.6 Å². The van der Waals surface area contributed by atoms with E-state index in [1.807, 2.05) is 60.7 Å². The molecule has 0 bridgehead atoms. The van der Waals surface area contributed by atoms with Crippen molar-refractivity contribution in [3.8, 4) is 23.0 Å². The number of ether oxygens (including phenoxy) is 4. The van der Waals surface area contributed by atoms with Gasteiger partial charge in [0, 0.05) is 0 Å². The molecule has 0 fully saturated rings. The fourth-order valence-corrected chi connectivity index (χ4v) is 2.28. The summed E-state index contributed by atoms with van der Waals surface area (Å²) in [5.74, 6) is 2.69. The van der Waals surface area contributed by atoms with Crippen LogP contribution in [0, 0.1) is 0 Å². The summed E-state index contributed by atoms with van der Waals surface area (Å²) in [4.78, 5) is 0. The average Bonchev–Trinajstić information content (AvgIpc) is 2.64. The van der Waals surface area contributed by atoms with E-state index in [2.05, 4.69) is 0 Å². The van der Waals surface area contributed by atoms with Crippen LogP contribution in [-0.4, -0.2) is 28.4 Å². The van der Waals surface area contributed by atoms with Crippen molar-refractivity contribution in [1.29, 1.82) is 0 Å². The molecule has 0 aliphatic carbocycles. The van der Waals surface area contributed by atoms with Gasteiger partial charge in [-0.15, -0.1) is 0 Å². The Kier molecular flexibility index (Phi) is 6.32. The third-order valence-electron chi connectivity index (χ3n) is 3.47. The summed E-state index contributed by atoms with van der Waals surface area (Å²) in [5.41, 5.74) is 2.03. The van der Waals surface area contributed by atoms with Gasteiger partial charge < -0.3 is 18.9 Å². The first-order valence-corrected chi connectivity index (χ1v) is 7.50. The quantitative estimate of drug-likeness (QED) is 0.705. The van der Waals surface area contributed by atoms with Gasteiger partial charge in [-0.2, -0.15) is 0 Å². The lowest BCUT2D eigenvalue weighted by Crippen LogP contribution is -1.95. The van der Waals surface area contributed by atoms with Crippen molar-refractivity contribution in [3.63, 3.8) is 0 Å². The molecule has 0 radical (unpaired) electrons. The Morgan fingerprint density at radius 3 is 1.83 bits per heavy atom. The summed E-state index contributed by atoms with van der Waals surface area (Å²) in [5, 5.41) is 0. The Morgan fingerprint density at radius 1 is 0.667 bits per heavy atom. The molecule has 0 amide bonds. The van der Waals surface area contributed by atoms with Gasteiger partial charge in [-0.3, -0.25) is 0 Å². The second-order valence-corrected chi connectivity index (χ2v) is 4.95. The first kappa shape index (κ1) is 17.5. The van der Waals surface area contributed by atoms with Crippen molar-refractivity contribution in [2.75, 3.05) is 28.4 Å². The number of methoxy groups -OCH3 is 4. The molecule has 0 aromatic heterocycles. The van der Waals surface area contributed by atoms with Crippen molar-refractivity contribution in [2.45, 2.75) is 0 Å². The van der Waals surface area contributed by atoms with E-state index in [0.717, 1.165) is 16.9 Å². The normalized spacial score (nSPS) is 11.0. The van der Waals surface area contributed by atoms with E-state index in [1.165, 1.54) is 0 Å². The fourth-order valence-electron chi connectivity index (χ4n) is 2.28. The lowest BCUT2D eigenvalue weighted by Gasteiger charge is -2.12. The molecule has 0 unspecified atom stereocenters. The molecule has 0 saturated heterocycles. The third-order valence-corrected chi connectivity index (χ3v) is 3.47. The van der Waals surface area contributed by atoms with Gasteiger partial charge in [-0.05, 0) is 35.4 Å². The molecule has 2 rings (SSSR count). The van der Waals surface area contributed by atoms with E-state index in [1.54, 1.807) is 28.4 Å². The Hall–Kier alpha value is -2.88. The van der Waals surface area contributed by atoms with E-state index in [4.69, 9.17) is 18.9 Å². The maximum atomic E-state index is 5.35. The molecule has 2 aromatic rings. The molecule has 2 aromatic carbocycles. The lowest BCUT2D eigenvalue weighted by atomic mass is 10.1. The molecule has 0 aliphatic heterocycles. The predicted octanol–water partition coefficient (Wildman–Crippen LogP) is 4.45.